The fourth-order valence-corrected chi connectivity index (χ4v) is 6.63. The van der Waals surface area contributed by atoms with Crippen LogP contribution in [0.3, 0.4) is 0 Å². The van der Waals surface area contributed by atoms with Gasteiger partial charge in [-0.1, -0.05) is 42.0 Å². The number of imide groups is 2. The summed E-state index contributed by atoms with van der Waals surface area (Å²) < 4.78 is 0. The standard InChI is InChI=1S/C61H28N2O4/c1-7-8-9-10-11-12-13-14-15-16-17-18-19-20-21-22-23-24-25-26-27-28-29-30-31-32-33-34-35-36-37-38-39-40-44-62-58(65)55-47-52(45-50(4)57(55)60(62)67)54-48-56(64)63(59(54)66)61(5,6)53-43-41-42-51(46-53)49(2)3/h1,41-43,45-46,52,54-55,57H,2,47-48H2,3-6H3. The molecule has 1 aromatic rings. The van der Waals surface area contributed by atoms with Crippen LogP contribution in [0.25, 0.3) is 5.57 Å². The van der Waals surface area contributed by atoms with Gasteiger partial charge < -0.3 is 0 Å². The molecule has 2 heterocycles. The molecule has 2 saturated heterocycles. The Morgan fingerprint density at radius 1 is 0.582 bits per heavy atom. The largest absolute Gasteiger partial charge is 0.274 e. The summed E-state index contributed by atoms with van der Waals surface area (Å²) in [6, 6.07) is 10.2. The number of benzene rings is 1. The normalized spacial score (nSPS) is 15.6. The van der Waals surface area contributed by atoms with E-state index < -0.39 is 41.0 Å². The molecule has 1 aromatic carbocycles. The van der Waals surface area contributed by atoms with Gasteiger partial charge in [-0.25, -0.2) is 4.90 Å². The molecule has 67 heavy (non-hydrogen) atoms. The molecule has 0 bridgehead atoms. The fourth-order valence-electron chi connectivity index (χ4n) is 6.63. The first-order valence-electron chi connectivity index (χ1n) is 19.6. The lowest BCUT2D eigenvalue weighted by Gasteiger charge is -2.36. The topological polar surface area (TPSA) is 74.8 Å². The number of allylic oxidation sites excluding steroid dienone is 2. The minimum Gasteiger partial charge on any atom is -0.274 e. The lowest BCUT2D eigenvalue weighted by molar-refractivity contribution is -0.146. The van der Waals surface area contributed by atoms with Crippen LogP contribution in [0.2, 0.25) is 0 Å². The fraction of sp³-hybridized carbons (Fsp3) is 0.180. The maximum atomic E-state index is 13.9. The molecule has 0 radical (unpaired) electrons. The Hall–Kier alpha value is -10.9. The van der Waals surface area contributed by atoms with Crippen molar-refractivity contribution in [3.63, 3.8) is 0 Å². The molecule has 3 aliphatic rings. The van der Waals surface area contributed by atoms with Crippen LogP contribution in [0.4, 0.5) is 0 Å². The molecular formula is C61H28N2O4. The smallest absolute Gasteiger partial charge is 0.249 e. The molecule has 4 amide bonds. The maximum absolute atomic E-state index is 13.9. The average Bonchev–Trinajstić information content (AvgIpc) is 3.75. The predicted molar refractivity (Wildman–Crippen MR) is 256 cm³/mol. The number of hydrogen-bond acceptors (Lipinski definition) is 4. The van der Waals surface area contributed by atoms with Gasteiger partial charge in [-0.3, -0.25) is 24.1 Å². The van der Waals surface area contributed by atoms with Crippen molar-refractivity contribution in [2.75, 3.05) is 0 Å². The summed E-state index contributed by atoms with van der Waals surface area (Å²) in [4.78, 5) is 56.3. The van der Waals surface area contributed by atoms with Crippen LogP contribution in [0.1, 0.15) is 51.7 Å². The van der Waals surface area contributed by atoms with Gasteiger partial charge in [-0.2, -0.15) is 0 Å². The number of rotatable bonds is 4. The van der Waals surface area contributed by atoms with Crippen molar-refractivity contribution < 1.29 is 19.2 Å². The number of nitrogens with zero attached hydrogens (tertiary/aromatic N) is 2. The van der Waals surface area contributed by atoms with E-state index in [0.717, 1.165) is 21.6 Å². The Kier molecular flexibility index (Phi) is 18.7. The van der Waals surface area contributed by atoms with E-state index in [1.165, 1.54) is 4.90 Å². The zero-order chi connectivity index (χ0) is 48.3. The second-order valence-electron chi connectivity index (χ2n) is 14.1. The summed E-state index contributed by atoms with van der Waals surface area (Å²) in [7, 11) is 0. The lowest BCUT2D eigenvalue weighted by atomic mass is 9.71. The molecular weight excluding hydrogens is 825 g/mol. The summed E-state index contributed by atoms with van der Waals surface area (Å²) in [5, 5.41) is 0. The van der Waals surface area contributed by atoms with E-state index in [9.17, 15) is 19.2 Å². The molecule has 2 aliphatic heterocycles. The number of carbonyl (C=O) groups excluding carboxylic acids is 4. The van der Waals surface area contributed by atoms with E-state index in [1.54, 1.807) is 6.92 Å². The summed E-state index contributed by atoms with van der Waals surface area (Å²) in [5.41, 5.74) is 2.36. The summed E-state index contributed by atoms with van der Waals surface area (Å²) in [6.07, 6.45) is 7.07. The van der Waals surface area contributed by atoms with E-state index in [2.05, 4.69) is 214 Å². The van der Waals surface area contributed by atoms with Gasteiger partial charge in [-0.15, -0.1) is 6.42 Å². The van der Waals surface area contributed by atoms with Crippen molar-refractivity contribution in [2.45, 2.75) is 46.1 Å². The van der Waals surface area contributed by atoms with Gasteiger partial charge in [0.2, 0.25) is 23.6 Å². The Balaban J connectivity index is 1.22. The lowest BCUT2D eigenvalue weighted by Crippen LogP contribution is -2.46. The Bertz CT molecular complexity index is 3620. The third-order valence-corrected chi connectivity index (χ3v) is 9.48. The summed E-state index contributed by atoms with van der Waals surface area (Å²) in [6.45, 7) is 11.4. The number of carbonyl (C=O) groups is 4. The van der Waals surface area contributed by atoms with Gasteiger partial charge in [0, 0.05) is 166 Å². The molecule has 1 aliphatic carbocycles. The highest BCUT2D eigenvalue weighted by molar-refractivity contribution is 6.09. The van der Waals surface area contributed by atoms with Crippen LogP contribution >= 0.6 is 0 Å². The second-order valence-corrected chi connectivity index (χ2v) is 14.1. The molecule has 0 spiro atoms. The van der Waals surface area contributed by atoms with Gasteiger partial charge in [-0.05, 0) is 105 Å². The molecule has 4 rings (SSSR count). The Morgan fingerprint density at radius 2 is 0.985 bits per heavy atom. The minimum absolute atomic E-state index is 0.0142. The third kappa shape index (κ3) is 14.6. The maximum Gasteiger partial charge on any atom is 0.249 e. The predicted octanol–water partition coefficient (Wildman–Crippen LogP) is 3.55. The van der Waals surface area contributed by atoms with Crippen molar-refractivity contribution in [3.8, 4) is 214 Å². The van der Waals surface area contributed by atoms with Crippen LogP contribution in [0.15, 0.2) is 42.5 Å². The van der Waals surface area contributed by atoms with E-state index in [1.807, 2.05) is 51.1 Å². The molecule has 2 fully saturated rings. The van der Waals surface area contributed by atoms with Crippen LogP contribution in [-0.2, 0) is 24.7 Å². The molecule has 4 atom stereocenters. The quantitative estimate of drug-likeness (QED) is 0.264. The zero-order valence-corrected chi connectivity index (χ0v) is 36.4. The van der Waals surface area contributed by atoms with E-state index in [4.69, 9.17) is 6.42 Å². The van der Waals surface area contributed by atoms with Gasteiger partial charge in [0.1, 0.15) is 0 Å². The molecule has 6 nitrogen and oxygen atoms in total. The molecule has 0 aromatic heterocycles. The highest BCUT2D eigenvalue weighted by atomic mass is 16.2. The number of hydrogen-bond donors (Lipinski definition) is 0. The van der Waals surface area contributed by atoms with Crippen molar-refractivity contribution in [3.05, 3.63) is 53.6 Å². The van der Waals surface area contributed by atoms with Crippen LogP contribution in [0, 0.1) is 237 Å². The molecule has 306 valence electrons. The van der Waals surface area contributed by atoms with Crippen LogP contribution in [0.5, 0.6) is 0 Å². The number of likely N-dealkylation sites (tertiary alicyclic amines) is 2. The van der Waals surface area contributed by atoms with Crippen LogP contribution in [-0.4, -0.2) is 33.4 Å². The number of fused-ring (bicyclic) bond motifs is 1. The molecule has 4 unspecified atom stereocenters. The van der Waals surface area contributed by atoms with Gasteiger partial charge >= 0.3 is 0 Å². The van der Waals surface area contributed by atoms with E-state index in [0.29, 0.717) is 5.57 Å². The minimum atomic E-state index is -0.913. The Labute approximate surface area is 393 Å². The Morgan fingerprint density at radius 3 is 1.39 bits per heavy atom. The second kappa shape index (κ2) is 25.7. The molecule has 6 heteroatoms. The first kappa shape index (κ1) is 48.7. The summed E-state index contributed by atoms with van der Waals surface area (Å²) >= 11 is 0. The van der Waals surface area contributed by atoms with E-state index in [-0.39, 0.29) is 24.7 Å². The zero-order valence-electron chi connectivity index (χ0n) is 36.4. The first-order valence-corrected chi connectivity index (χ1v) is 19.6. The highest BCUT2D eigenvalue weighted by Gasteiger charge is 2.55. The van der Waals surface area contributed by atoms with E-state index >= 15 is 0 Å². The van der Waals surface area contributed by atoms with Crippen molar-refractivity contribution in [1.82, 2.24) is 9.80 Å². The van der Waals surface area contributed by atoms with Gasteiger partial charge in [0.15, 0.2) is 0 Å². The van der Waals surface area contributed by atoms with Gasteiger partial charge in [0.05, 0.1) is 23.3 Å². The summed E-state index contributed by atoms with van der Waals surface area (Å²) in [5.74, 6) is 80.1. The average molecular weight is 853 g/mol. The monoisotopic (exact) mass is 852 g/mol. The SMILES string of the molecule is C#CC#CC#CC#CC#CC#CC#CC#CC#CC#CC#CC#CC#CC#CC#CC#CC#CC#CN1C(=O)C2CC(C3CC(=O)N(C(C)(C)c4cccc(C(=C)C)c4)C3=O)C=C(C)C2C1=O. The number of terminal acetylenes is 1. The molecule has 0 saturated carbocycles. The van der Waals surface area contributed by atoms with Crippen molar-refractivity contribution in [1.29, 1.82) is 0 Å². The molecule has 0 N–H and O–H groups in total. The highest BCUT2D eigenvalue weighted by Crippen LogP contribution is 2.46. The van der Waals surface area contributed by atoms with Gasteiger partial charge in [0.25, 0.3) is 0 Å². The van der Waals surface area contributed by atoms with Crippen molar-refractivity contribution in [2.24, 2.45) is 23.7 Å². The number of amides is 4. The van der Waals surface area contributed by atoms with Crippen molar-refractivity contribution >= 4 is 29.2 Å². The third-order valence-electron chi connectivity index (χ3n) is 9.48. The van der Waals surface area contributed by atoms with Crippen LogP contribution < -0.4 is 0 Å². The first-order chi connectivity index (χ1) is 32.5.